The maximum absolute atomic E-state index is 12.7. The molecule has 0 N–H and O–H groups in total. The van der Waals surface area contributed by atoms with Gasteiger partial charge in [-0.1, -0.05) is 17.7 Å². The maximum Gasteiger partial charge on any atom is 0.416 e. The van der Waals surface area contributed by atoms with Crippen LogP contribution in [0.15, 0.2) is 36.4 Å². The molecule has 122 valence electrons. The highest BCUT2D eigenvalue weighted by Gasteiger charge is 2.31. The van der Waals surface area contributed by atoms with Crippen LogP contribution < -0.4 is 4.74 Å². The largest absolute Gasteiger partial charge is 0.487 e. The molecule has 0 saturated heterocycles. The van der Waals surface area contributed by atoms with Crippen LogP contribution in [0.3, 0.4) is 0 Å². The summed E-state index contributed by atoms with van der Waals surface area (Å²) in [6, 6.07) is 6.98. The van der Waals surface area contributed by atoms with E-state index >= 15 is 0 Å². The second kappa shape index (κ2) is 6.45. The molecule has 8 heteroatoms. The van der Waals surface area contributed by atoms with E-state index in [0.29, 0.717) is 11.1 Å². The molecule has 0 spiro atoms. The molecule has 0 heterocycles. The number of rotatable bonds is 4. The summed E-state index contributed by atoms with van der Waals surface area (Å²) >= 11 is 5.93. The summed E-state index contributed by atoms with van der Waals surface area (Å²) in [5.74, 6) is 0.0333. The fraction of sp³-hybridized carbons (Fsp3) is 0.200. The smallest absolute Gasteiger partial charge is 0.416 e. The molecule has 0 aliphatic carbocycles. The van der Waals surface area contributed by atoms with Crippen molar-refractivity contribution in [2.75, 3.05) is 6.61 Å². The number of nitro benzene ring substituents is 1. The first-order valence-electron chi connectivity index (χ1n) is 6.52. The van der Waals surface area contributed by atoms with Crippen LogP contribution in [-0.4, -0.2) is 11.5 Å². The van der Waals surface area contributed by atoms with Gasteiger partial charge in [-0.2, -0.15) is 13.2 Å². The number of nitro groups is 1. The van der Waals surface area contributed by atoms with Crippen molar-refractivity contribution in [3.63, 3.8) is 0 Å². The van der Waals surface area contributed by atoms with Crippen molar-refractivity contribution in [3.05, 3.63) is 57.1 Å². The van der Waals surface area contributed by atoms with Crippen molar-refractivity contribution >= 4 is 17.3 Å². The first-order chi connectivity index (χ1) is 10.7. The quantitative estimate of drug-likeness (QED) is 0.555. The van der Waals surface area contributed by atoms with Gasteiger partial charge in [0.25, 0.3) is 0 Å². The number of hydrogen-bond donors (Lipinski definition) is 0. The number of benzene rings is 2. The number of nitrogens with zero attached hydrogens (tertiary/aromatic N) is 1. The summed E-state index contributed by atoms with van der Waals surface area (Å²) in [4.78, 5) is 10.3. The van der Waals surface area contributed by atoms with Crippen molar-refractivity contribution in [2.45, 2.75) is 13.1 Å². The molecule has 23 heavy (non-hydrogen) atoms. The number of ether oxygens (including phenoxy) is 1. The van der Waals surface area contributed by atoms with E-state index in [-0.39, 0.29) is 23.1 Å². The van der Waals surface area contributed by atoms with E-state index in [0.717, 1.165) is 12.1 Å². The Bertz CT molecular complexity index is 747. The summed E-state index contributed by atoms with van der Waals surface area (Å²) in [5.41, 5.74) is -0.329. The Hall–Kier alpha value is -2.28. The third kappa shape index (κ3) is 3.73. The average Bonchev–Trinajstić information content (AvgIpc) is 2.46. The maximum atomic E-state index is 12.7. The van der Waals surface area contributed by atoms with Gasteiger partial charge in [0.05, 0.1) is 17.1 Å². The molecule has 2 aromatic rings. The zero-order valence-corrected chi connectivity index (χ0v) is 12.6. The van der Waals surface area contributed by atoms with Crippen LogP contribution in [0.25, 0.3) is 11.1 Å². The lowest BCUT2D eigenvalue weighted by Crippen LogP contribution is -2.04. The van der Waals surface area contributed by atoms with E-state index in [1.54, 1.807) is 6.92 Å². The van der Waals surface area contributed by atoms with Crippen LogP contribution >= 0.6 is 11.6 Å². The predicted octanol–water partition coefficient (Wildman–Crippen LogP) is 5.33. The van der Waals surface area contributed by atoms with Gasteiger partial charge < -0.3 is 4.74 Å². The fourth-order valence-corrected chi connectivity index (χ4v) is 2.32. The van der Waals surface area contributed by atoms with Crippen molar-refractivity contribution in [2.24, 2.45) is 0 Å². The normalized spacial score (nSPS) is 11.3. The van der Waals surface area contributed by atoms with Crippen molar-refractivity contribution in [3.8, 4) is 16.9 Å². The highest BCUT2D eigenvalue weighted by atomic mass is 35.5. The standard InChI is InChI=1S/C15H11ClF3NO3/c1-2-23-14-7-9(3-6-13(14)20(21)22)11-5-4-10(8-12(11)16)15(17,18)19/h3-8H,2H2,1H3. The molecule has 0 unspecified atom stereocenters. The van der Waals surface area contributed by atoms with E-state index in [1.807, 2.05) is 0 Å². The van der Waals surface area contributed by atoms with Gasteiger partial charge in [0, 0.05) is 16.7 Å². The Morgan fingerprint density at radius 2 is 1.91 bits per heavy atom. The zero-order valence-electron chi connectivity index (χ0n) is 11.9. The van der Waals surface area contributed by atoms with E-state index in [9.17, 15) is 23.3 Å². The van der Waals surface area contributed by atoms with Crippen LogP contribution in [-0.2, 0) is 6.18 Å². The van der Waals surface area contributed by atoms with Gasteiger partial charge in [-0.05, 0) is 36.8 Å². The van der Waals surface area contributed by atoms with Gasteiger partial charge in [0.1, 0.15) is 0 Å². The molecule has 0 aliphatic rings. The molecule has 4 nitrogen and oxygen atoms in total. The SMILES string of the molecule is CCOc1cc(-c2ccc(C(F)(F)F)cc2Cl)ccc1[N+](=O)[O-]. The second-order valence-corrected chi connectivity index (χ2v) is 4.97. The van der Waals surface area contributed by atoms with E-state index in [2.05, 4.69) is 0 Å². The molecule has 0 saturated carbocycles. The molecule has 0 bridgehead atoms. The third-order valence-electron chi connectivity index (χ3n) is 3.06. The monoisotopic (exact) mass is 345 g/mol. The van der Waals surface area contributed by atoms with Gasteiger partial charge in [-0.3, -0.25) is 10.1 Å². The Balaban J connectivity index is 2.50. The van der Waals surface area contributed by atoms with Crippen molar-refractivity contribution in [1.82, 2.24) is 0 Å². The lowest BCUT2D eigenvalue weighted by Gasteiger charge is -2.11. The lowest BCUT2D eigenvalue weighted by molar-refractivity contribution is -0.385. The molecule has 0 atom stereocenters. The van der Waals surface area contributed by atoms with Crippen LogP contribution in [0.2, 0.25) is 5.02 Å². The van der Waals surface area contributed by atoms with Crippen molar-refractivity contribution in [1.29, 1.82) is 0 Å². The van der Waals surface area contributed by atoms with E-state index in [4.69, 9.17) is 16.3 Å². The number of halogens is 4. The highest BCUT2D eigenvalue weighted by Crippen LogP contribution is 2.38. The Labute approximate surface area is 134 Å². The molecule has 0 fully saturated rings. The minimum absolute atomic E-state index is 0.0333. The van der Waals surface area contributed by atoms with Gasteiger partial charge in [0.15, 0.2) is 5.75 Å². The van der Waals surface area contributed by atoms with Crippen LogP contribution in [0, 0.1) is 10.1 Å². The second-order valence-electron chi connectivity index (χ2n) is 4.57. The molecular weight excluding hydrogens is 335 g/mol. The number of hydrogen-bond acceptors (Lipinski definition) is 3. The molecule has 0 radical (unpaired) electrons. The average molecular weight is 346 g/mol. The minimum atomic E-state index is -4.49. The summed E-state index contributed by atoms with van der Waals surface area (Å²) < 4.78 is 43.2. The third-order valence-corrected chi connectivity index (χ3v) is 3.38. The Morgan fingerprint density at radius 1 is 1.22 bits per heavy atom. The number of alkyl halides is 3. The van der Waals surface area contributed by atoms with Crippen LogP contribution in [0.4, 0.5) is 18.9 Å². The minimum Gasteiger partial charge on any atom is -0.487 e. The van der Waals surface area contributed by atoms with Gasteiger partial charge in [-0.15, -0.1) is 0 Å². The first-order valence-corrected chi connectivity index (χ1v) is 6.90. The topological polar surface area (TPSA) is 52.4 Å². The summed E-state index contributed by atoms with van der Waals surface area (Å²) in [6.07, 6.45) is -4.49. The summed E-state index contributed by atoms with van der Waals surface area (Å²) in [5, 5.41) is 10.8. The van der Waals surface area contributed by atoms with Gasteiger partial charge in [-0.25, -0.2) is 0 Å². The van der Waals surface area contributed by atoms with Crippen molar-refractivity contribution < 1.29 is 22.8 Å². The van der Waals surface area contributed by atoms with Gasteiger partial charge >= 0.3 is 11.9 Å². The zero-order chi connectivity index (χ0) is 17.2. The molecule has 2 rings (SSSR count). The van der Waals surface area contributed by atoms with Gasteiger partial charge in [0.2, 0.25) is 0 Å². The molecule has 0 amide bonds. The molecule has 0 aromatic heterocycles. The first kappa shape index (κ1) is 17.1. The highest BCUT2D eigenvalue weighted by molar-refractivity contribution is 6.33. The van der Waals surface area contributed by atoms with E-state index in [1.165, 1.54) is 24.3 Å². The van der Waals surface area contributed by atoms with Crippen LogP contribution in [0.5, 0.6) is 5.75 Å². The Morgan fingerprint density at radius 3 is 2.43 bits per heavy atom. The molecular formula is C15H11ClF3NO3. The predicted molar refractivity (Wildman–Crippen MR) is 79.7 cm³/mol. The fourth-order valence-electron chi connectivity index (χ4n) is 2.03. The summed E-state index contributed by atoms with van der Waals surface area (Å²) in [7, 11) is 0. The molecule has 0 aliphatic heterocycles. The molecule has 2 aromatic carbocycles. The van der Waals surface area contributed by atoms with E-state index < -0.39 is 16.7 Å². The Kier molecular flexibility index (Phi) is 4.79. The summed E-state index contributed by atoms with van der Waals surface area (Å²) in [6.45, 7) is 1.88. The lowest BCUT2D eigenvalue weighted by atomic mass is 10.0. The van der Waals surface area contributed by atoms with Crippen LogP contribution in [0.1, 0.15) is 12.5 Å².